The Morgan fingerprint density at radius 2 is 1.93 bits per heavy atom. The molecule has 1 aromatic heterocycles. The molecular weight excluding hydrogens is 390 g/mol. The van der Waals surface area contributed by atoms with Gasteiger partial charge in [-0.25, -0.2) is 8.42 Å². The first-order chi connectivity index (χ1) is 14.0. The van der Waals surface area contributed by atoms with Crippen LogP contribution in [0.4, 0.5) is 11.4 Å². The van der Waals surface area contributed by atoms with Gasteiger partial charge in [0.2, 0.25) is 0 Å². The van der Waals surface area contributed by atoms with Crippen molar-refractivity contribution in [1.82, 2.24) is 4.98 Å². The van der Waals surface area contributed by atoms with Crippen LogP contribution in [0.25, 0.3) is 0 Å². The molecule has 4 rings (SSSR count). The van der Waals surface area contributed by atoms with Crippen molar-refractivity contribution in [3.05, 3.63) is 78.1 Å². The maximum absolute atomic E-state index is 12.7. The highest BCUT2D eigenvalue weighted by molar-refractivity contribution is 7.92. The van der Waals surface area contributed by atoms with Crippen LogP contribution in [0, 0.1) is 0 Å². The molecule has 0 saturated heterocycles. The SMILES string of the molecule is COc1ccc(S(=O)(=O)Nc2ccc3c(c2)CCN3C(=O)c2cccnc2)cc1. The van der Waals surface area contributed by atoms with Crippen molar-refractivity contribution in [2.45, 2.75) is 11.3 Å². The van der Waals surface area contributed by atoms with E-state index in [9.17, 15) is 13.2 Å². The number of pyridine rings is 1. The summed E-state index contributed by atoms with van der Waals surface area (Å²) in [5, 5.41) is 0. The highest BCUT2D eigenvalue weighted by Gasteiger charge is 2.26. The fraction of sp³-hybridized carbons (Fsp3) is 0.143. The molecule has 2 aromatic carbocycles. The van der Waals surface area contributed by atoms with Crippen LogP contribution in [0.15, 0.2) is 71.9 Å². The summed E-state index contributed by atoms with van der Waals surface area (Å²) in [5.41, 5.74) is 2.67. The molecule has 0 bridgehead atoms. The number of carbonyl (C=O) groups is 1. The van der Waals surface area contributed by atoms with Gasteiger partial charge >= 0.3 is 0 Å². The van der Waals surface area contributed by atoms with Crippen LogP contribution in [0.1, 0.15) is 15.9 Å². The van der Waals surface area contributed by atoms with Gasteiger partial charge in [0.1, 0.15) is 5.75 Å². The van der Waals surface area contributed by atoms with E-state index in [4.69, 9.17) is 4.74 Å². The molecule has 1 aliphatic heterocycles. The number of nitrogens with zero attached hydrogens (tertiary/aromatic N) is 2. The molecule has 3 aromatic rings. The highest BCUT2D eigenvalue weighted by atomic mass is 32.2. The molecule has 1 aliphatic rings. The van der Waals surface area contributed by atoms with E-state index in [2.05, 4.69) is 9.71 Å². The maximum atomic E-state index is 12.7. The number of hydrogen-bond acceptors (Lipinski definition) is 5. The first-order valence-electron chi connectivity index (χ1n) is 8.99. The minimum Gasteiger partial charge on any atom is -0.497 e. The summed E-state index contributed by atoms with van der Waals surface area (Å²) >= 11 is 0. The molecular formula is C21H19N3O4S. The molecule has 0 unspecified atom stereocenters. The lowest BCUT2D eigenvalue weighted by molar-refractivity contribution is 0.0989. The van der Waals surface area contributed by atoms with E-state index < -0.39 is 10.0 Å². The Balaban J connectivity index is 1.55. The first kappa shape index (κ1) is 18.9. The van der Waals surface area contributed by atoms with Gasteiger partial charge in [-0.3, -0.25) is 14.5 Å². The van der Waals surface area contributed by atoms with Crippen LogP contribution in [-0.2, 0) is 16.4 Å². The molecule has 0 aliphatic carbocycles. The van der Waals surface area contributed by atoms with Crippen LogP contribution in [0.3, 0.4) is 0 Å². The number of ether oxygens (including phenoxy) is 1. The number of sulfonamides is 1. The third-order valence-electron chi connectivity index (χ3n) is 4.75. The normalized spacial score (nSPS) is 13.1. The third-order valence-corrected chi connectivity index (χ3v) is 6.15. The van der Waals surface area contributed by atoms with Gasteiger partial charge < -0.3 is 9.64 Å². The summed E-state index contributed by atoms with van der Waals surface area (Å²) in [6, 6.07) is 14.8. The lowest BCUT2D eigenvalue weighted by Crippen LogP contribution is -2.28. The van der Waals surface area contributed by atoms with Crippen LogP contribution >= 0.6 is 0 Å². The van der Waals surface area contributed by atoms with Crippen molar-refractivity contribution in [3.63, 3.8) is 0 Å². The number of anilines is 2. The van der Waals surface area contributed by atoms with Gasteiger partial charge in [-0.1, -0.05) is 0 Å². The number of aromatic nitrogens is 1. The van der Waals surface area contributed by atoms with Gasteiger partial charge in [-0.2, -0.15) is 0 Å². The molecule has 0 spiro atoms. The zero-order valence-electron chi connectivity index (χ0n) is 15.7. The van der Waals surface area contributed by atoms with E-state index in [0.717, 1.165) is 11.3 Å². The molecule has 0 atom stereocenters. The number of hydrogen-bond donors (Lipinski definition) is 1. The predicted molar refractivity (Wildman–Crippen MR) is 110 cm³/mol. The van der Waals surface area contributed by atoms with Gasteiger partial charge in [-0.15, -0.1) is 0 Å². The molecule has 2 heterocycles. The quantitative estimate of drug-likeness (QED) is 0.700. The van der Waals surface area contributed by atoms with Gasteiger partial charge in [0.25, 0.3) is 15.9 Å². The van der Waals surface area contributed by atoms with E-state index >= 15 is 0 Å². The van der Waals surface area contributed by atoms with E-state index in [1.807, 2.05) is 0 Å². The zero-order valence-corrected chi connectivity index (χ0v) is 16.5. The average Bonchev–Trinajstić information content (AvgIpc) is 3.17. The number of amides is 1. The largest absolute Gasteiger partial charge is 0.497 e. The standard InChI is InChI=1S/C21H19N3O4S/c1-28-18-5-7-19(8-6-18)29(26,27)23-17-4-9-20-15(13-17)10-12-24(20)21(25)16-3-2-11-22-14-16/h2-9,11,13-14,23H,10,12H2,1H3. The number of nitrogens with one attached hydrogen (secondary N) is 1. The zero-order chi connectivity index (χ0) is 20.4. The number of carbonyl (C=O) groups excluding carboxylic acids is 1. The number of benzene rings is 2. The van der Waals surface area contributed by atoms with Crippen molar-refractivity contribution in [1.29, 1.82) is 0 Å². The van der Waals surface area contributed by atoms with Gasteiger partial charge in [0, 0.05) is 30.3 Å². The number of fused-ring (bicyclic) bond motifs is 1. The molecule has 0 radical (unpaired) electrons. The minimum atomic E-state index is -3.72. The second kappa shape index (κ2) is 7.56. The summed E-state index contributed by atoms with van der Waals surface area (Å²) in [6.45, 7) is 0.539. The van der Waals surface area contributed by atoms with Crippen molar-refractivity contribution < 1.29 is 17.9 Å². The van der Waals surface area contributed by atoms with Crippen molar-refractivity contribution in [2.75, 3.05) is 23.3 Å². The highest BCUT2D eigenvalue weighted by Crippen LogP contribution is 2.32. The van der Waals surface area contributed by atoms with Crippen LogP contribution < -0.4 is 14.4 Å². The Labute approximate surface area is 169 Å². The topological polar surface area (TPSA) is 88.6 Å². The second-order valence-corrected chi connectivity index (χ2v) is 8.26. The minimum absolute atomic E-state index is 0.122. The number of methoxy groups -OCH3 is 1. The predicted octanol–water partition coefficient (Wildman–Crippen LogP) is 3.09. The molecule has 148 valence electrons. The fourth-order valence-electron chi connectivity index (χ4n) is 3.29. The molecule has 0 fully saturated rings. The lowest BCUT2D eigenvalue weighted by atomic mass is 10.1. The Morgan fingerprint density at radius 3 is 2.62 bits per heavy atom. The Hall–Kier alpha value is -3.39. The van der Waals surface area contributed by atoms with E-state index in [1.165, 1.54) is 25.4 Å². The summed E-state index contributed by atoms with van der Waals surface area (Å²) in [4.78, 5) is 18.6. The summed E-state index contributed by atoms with van der Waals surface area (Å²) in [7, 11) is -2.20. The van der Waals surface area contributed by atoms with E-state index in [-0.39, 0.29) is 10.8 Å². The Bertz CT molecular complexity index is 1150. The monoisotopic (exact) mass is 409 g/mol. The second-order valence-electron chi connectivity index (χ2n) is 6.57. The van der Waals surface area contributed by atoms with Crippen molar-refractivity contribution in [2.24, 2.45) is 0 Å². The maximum Gasteiger partial charge on any atom is 0.261 e. The van der Waals surface area contributed by atoms with Gasteiger partial charge in [-0.05, 0) is 66.6 Å². The average molecular weight is 409 g/mol. The Morgan fingerprint density at radius 1 is 1.14 bits per heavy atom. The van der Waals surface area contributed by atoms with Crippen LogP contribution in [-0.4, -0.2) is 33.0 Å². The summed E-state index contributed by atoms with van der Waals surface area (Å²) in [6.07, 6.45) is 3.81. The van der Waals surface area contributed by atoms with E-state index in [1.54, 1.807) is 53.6 Å². The van der Waals surface area contributed by atoms with Crippen LogP contribution in [0.2, 0.25) is 0 Å². The molecule has 1 amide bonds. The molecule has 7 nitrogen and oxygen atoms in total. The third kappa shape index (κ3) is 3.79. The summed E-state index contributed by atoms with van der Waals surface area (Å²) < 4.78 is 32.9. The Kier molecular flexibility index (Phi) is 4.94. The summed E-state index contributed by atoms with van der Waals surface area (Å²) in [5.74, 6) is 0.461. The van der Waals surface area contributed by atoms with Crippen molar-refractivity contribution >= 4 is 27.3 Å². The molecule has 1 N–H and O–H groups in total. The fourth-order valence-corrected chi connectivity index (χ4v) is 4.34. The van der Waals surface area contributed by atoms with Gasteiger partial charge in [0.05, 0.1) is 17.6 Å². The van der Waals surface area contributed by atoms with Crippen molar-refractivity contribution in [3.8, 4) is 5.75 Å². The van der Waals surface area contributed by atoms with E-state index in [0.29, 0.717) is 30.0 Å². The van der Waals surface area contributed by atoms with Crippen LogP contribution in [0.5, 0.6) is 5.75 Å². The first-order valence-corrected chi connectivity index (χ1v) is 10.5. The van der Waals surface area contributed by atoms with Gasteiger partial charge in [0.15, 0.2) is 0 Å². The molecule has 0 saturated carbocycles. The lowest BCUT2D eigenvalue weighted by Gasteiger charge is -2.17. The smallest absolute Gasteiger partial charge is 0.261 e. The number of rotatable bonds is 5. The molecule has 29 heavy (non-hydrogen) atoms. The molecule has 8 heteroatoms.